The molecular weight excluding hydrogens is 497 g/mol. The molecule has 0 aliphatic carbocycles. The van der Waals surface area contributed by atoms with Crippen LogP contribution in [0.2, 0.25) is 10.0 Å². The third kappa shape index (κ3) is 3.49. The van der Waals surface area contributed by atoms with Gasteiger partial charge in [-0.2, -0.15) is 13.2 Å². The zero-order valence-corrected chi connectivity index (χ0v) is 18.9. The van der Waals surface area contributed by atoms with Gasteiger partial charge in [-0.15, -0.1) is 24.2 Å². The van der Waals surface area contributed by atoms with Gasteiger partial charge in [-0.1, -0.05) is 35.3 Å². The first-order chi connectivity index (χ1) is 14.2. The van der Waals surface area contributed by atoms with Gasteiger partial charge in [0.25, 0.3) is 0 Å². The Morgan fingerprint density at radius 3 is 2.32 bits per heavy atom. The second-order valence-electron chi connectivity index (χ2n) is 7.77. The lowest BCUT2D eigenvalue weighted by atomic mass is 9.84. The summed E-state index contributed by atoms with van der Waals surface area (Å²) in [6.07, 6.45) is -4.90. The Morgan fingerprint density at radius 2 is 1.74 bits per heavy atom. The Hall–Kier alpha value is -0.960. The standard InChI is InChI=1S/C21H15Cl2F4NOS.ClH/c22-16-4-14(5-17(23)18(16)24)20(21(25,26)27)6-13(8-30-20)11-1-2-15-12(3-11)7-29-19(15)9-28-10-19;/h1-5,8,28H,6-7,9-10H2;1H. The molecule has 3 aliphatic heterocycles. The van der Waals surface area contributed by atoms with E-state index in [4.69, 9.17) is 27.9 Å². The van der Waals surface area contributed by atoms with Crippen LogP contribution in [0.4, 0.5) is 17.6 Å². The van der Waals surface area contributed by atoms with Crippen LogP contribution in [-0.4, -0.2) is 19.3 Å². The fraction of sp³-hybridized carbons (Fsp3) is 0.333. The molecule has 2 aromatic carbocycles. The monoisotopic (exact) mass is 511 g/mol. The van der Waals surface area contributed by atoms with E-state index in [1.807, 2.05) is 18.2 Å². The summed E-state index contributed by atoms with van der Waals surface area (Å²) in [5.41, 5.74) is 2.91. The number of benzene rings is 2. The molecule has 0 saturated carbocycles. The largest absolute Gasteiger partial charge is 0.407 e. The molecule has 2 aromatic rings. The molecule has 166 valence electrons. The highest BCUT2D eigenvalue weighted by Crippen LogP contribution is 2.60. The number of nitrogens with one attached hydrogen (secondary N) is 1. The third-order valence-corrected chi connectivity index (χ3v) is 8.01. The van der Waals surface area contributed by atoms with Crippen molar-refractivity contribution in [1.82, 2.24) is 5.32 Å². The summed E-state index contributed by atoms with van der Waals surface area (Å²) in [7, 11) is 0. The van der Waals surface area contributed by atoms with Crippen molar-refractivity contribution >= 4 is 52.9 Å². The van der Waals surface area contributed by atoms with Crippen LogP contribution >= 0.6 is 47.4 Å². The van der Waals surface area contributed by atoms with E-state index in [9.17, 15) is 17.6 Å². The summed E-state index contributed by atoms with van der Waals surface area (Å²) in [5, 5.41) is 3.87. The average molecular weight is 513 g/mol. The van der Waals surface area contributed by atoms with Gasteiger partial charge in [0.05, 0.1) is 16.7 Å². The van der Waals surface area contributed by atoms with Crippen molar-refractivity contribution in [1.29, 1.82) is 0 Å². The van der Waals surface area contributed by atoms with Crippen molar-refractivity contribution in [3.63, 3.8) is 0 Å². The molecule has 10 heteroatoms. The van der Waals surface area contributed by atoms with Gasteiger partial charge in [-0.05, 0) is 51.4 Å². The van der Waals surface area contributed by atoms with Crippen molar-refractivity contribution < 1.29 is 22.3 Å². The number of thioether (sulfide) groups is 1. The molecule has 0 aromatic heterocycles. The van der Waals surface area contributed by atoms with E-state index in [0.29, 0.717) is 23.9 Å². The number of rotatable bonds is 2. The van der Waals surface area contributed by atoms with E-state index in [1.54, 1.807) is 0 Å². The molecule has 1 fully saturated rings. The van der Waals surface area contributed by atoms with Crippen LogP contribution in [0.15, 0.2) is 35.7 Å². The molecule has 1 atom stereocenters. The van der Waals surface area contributed by atoms with Crippen molar-refractivity contribution in [3.8, 4) is 0 Å². The van der Waals surface area contributed by atoms with E-state index < -0.39 is 26.8 Å². The number of hydrogen-bond acceptors (Lipinski definition) is 3. The van der Waals surface area contributed by atoms with Gasteiger partial charge in [0.15, 0.2) is 5.82 Å². The Balaban J connectivity index is 0.00000231. The van der Waals surface area contributed by atoms with Gasteiger partial charge in [0, 0.05) is 19.5 Å². The molecule has 31 heavy (non-hydrogen) atoms. The van der Waals surface area contributed by atoms with Gasteiger partial charge in [0.2, 0.25) is 0 Å². The summed E-state index contributed by atoms with van der Waals surface area (Å²) >= 11 is 12.3. The number of fused-ring (bicyclic) bond motifs is 2. The molecule has 0 radical (unpaired) electrons. The molecule has 1 saturated heterocycles. The molecule has 3 heterocycles. The molecule has 5 rings (SSSR count). The minimum atomic E-state index is -4.60. The van der Waals surface area contributed by atoms with Crippen LogP contribution in [0.1, 0.15) is 28.7 Å². The topological polar surface area (TPSA) is 21.3 Å². The van der Waals surface area contributed by atoms with Crippen LogP contribution in [0.3, 0.4) is 0 Å². The SMILES string of the molecule is Cl.Fc1c(Cl)cc(C2(C(F)(F)F)CC(c3ccc4c(c3)COC43CNC3)=CS2)cc1Cl. The lowest BCUT2D eigenvalue weighted by Gasteiger charge is -2.39. The maximum Gasteiger partial charge on any atom is 0.407 e. The summed E-state index contributed by atoms with van der Waals surface area (Å²) < 4.78 is 60.3. The van der Waals surface area contributed by atoms with Crippen LogP contribution in [0, 0.1) is 5.82 Å². The Bertz CT molecular complexity index is 1060. The molecule has 1 unspecified atom stereocenters. The van der Waals surface area contributed by atoms with Crippen molar-refractivity contribution in [2.75, 3.05) is 13.1 Å². The number of alkyl halides is 3. The second-order valence-corrected chi connectivity index (χ2v) is 9.76. The first-order valence-corrected chi connectivity index (χ1v) is 10.9. The zero-order valence-electron chi connectivity index (χ0n) is 15.8. The summed E-state index contributed by atoms with van der Waals surface area (Å²) in [5.74, 6) is -0.923. The Labute approximate surface area is 196 Å². The Morgan fingerprint density at radius 1 is 1.06 bits per heavy atom. The van der Waals surface area contributed by atoms with Crippen LogP contribution in [0.5, 0.6) is 0 Å². The maximum absolute atomic E-state index is 14.3. The molecule has 1 spiro atoms. The molecule has 2 nitrogen and oxygen atoms in total. The summed E-state index contributed by atoms with van der Waals surface area (Å²) in [4.78, 5) is 0. The van der Waals surface area contributed by atoms with Crippen LogP contribution < -0.4 is 5.32 Å². The third-order valence-electron chi connectivity index (χ3n) is 6.04. The number of hydrogen-bond donors (Lipinski definition) is 1. The Kier molecular flexibility index (Phi) is 5.85. The minimum Gasteiger partial charge on any atom is -0.363 e. The van der Waals surface area contributed by atoms with Gasteiger partial charge < -0.3 is 10.1 Å². The summed E-state index contributed by atoms with van der Waals surface area (Å²) in [6, 6.07) is 7.74. The molecular formula is C21H16Cl3F4NOS. The first-order valence-electron chi connectivity index (χ1n) is 9.22. The summed E-state index contributed by atoms with van der Waals surface area (Å²) in [6.45, 7) is 1.92. The van der Waals surface area contributed by atoms with E-state index in [-0.39, 0.29) is 30.0 Å². The van der Waals surface area contributed by atoms with E-state index in [1.165, 1.54) is 5.41 Å². The first kappa shape index (κ1) is 23.2. The van der Waals surface area contributed by atoms with Crippen molar-refractivity contribution in [2.45, 2.75) is 29.6 Å². The molecule has 1 N–H and O–H groups in total. The quantitative estimate of drug-likeness (QED) is 0.352. The molecule has 0 bridgehead atoms. The maximum atomic E-state index is 14.3. The smallest absolute Gasteiger partial charge is 0.363 e. The average Bonchev–Trinajstić information content (AvgIpc) is 3.27. The van der Waals surface area contributed by atoms with E-state index in [0.717, 1.165) is 41.9 Å². The van der Waals surface area contributed by atoms with Gasteiger partial charge in [-0.3, -0.25) is 0 Å². The van der Waals surface area contributed by atoms with Gasteiger partial charge in [-0.25, -0.2) is 4.39 Å². The predicted molar refractivity (Wildman–Crippen MR) is 117 cm³/mol. The number of allylic oxidation sites excluding steroid dienone is 1. The number of ether oxygens (including phenoxy) is 1. The fourth-order valence-electron chi connectivity index (χ4n) is 4.28. The van der Waals surface area contributed by atoms with Crippen LogP contribution in [0.25, 0.3) is 5.57 Å². The minimum absolute atomic E-state index is 0. The van der Waals surface area contributed by atoms with E-state index >= 15 is 0 Å². The molecule has 0 amide bonds. The van der Waals surface area contributed by atoms with Gasteiger partial charge >= 0.3 is 6.18 Å². The number of halogens is 7. The van der Waals surface area contributed by atoms with Crippen molar-refractivity contribution in [2.24, 2.45) is 0 Å². The highest BCUT2D eigenvalue weighted by atomic mass is 35.5. The fourth-order valence-corrected chi connectivity index (χ4v) is 5.95. The predicted octanol–water partition coefficient (Wildman–Crippen LogP) is 6.82. The second kappa shape index (κ2) is 7.82. The van der Waals surface area contributed by atoms with Crippen LogP contribution in [-0.2, 0) is 21.7 Å². The molecule has 3 aliphatic rings. The van der Waals surface area contributed by atoms with Crippen molar-refractivity contribution in [3.05, 3.63) is 73.9 Å². The lowest BCUT2D eigenvalue weighted by molar-refractivity contribution is -0.160. The highest BCUT2D eigenvalue weighted by molar-refractivity contribution is 8.03. The van der Waals surface area contributed by atoms with E-state index in [2.05, 4.69) is 5.32 Å². The normalized spacial score (nSPS) is 23.9. The zero-order chi connectivity index (χ0) is 21.3. The highest BCUT2D eigenvalue weighted by Gasteiger charge is 2.59. The lowest BCUT2D eigenvalue weighted by Crippen LogP contribution is -2.56. The van der Waals surface area contributed by atoms with Gasteiger partial charge in [0.1, 0.15) is 10.3 Å².